The number of amides is 2. The Morgan fingerprint density at radius 3 is 2.17 bits per heavy atom. The minimum Gasteiger partial charge on any atom is -0.336 e. The van der Waals surface area contributed by atoms with Gasteiger partial charge in [0.25, 0.3) is 5.91 Å². The number of anilines is 1. The first-order chi connectivity index (χ1) is 13.7. The third-order valence-corrected chi connectivity index (χ3v) is 5.50. The summed E-state index contributed by atoms with van der Waals surface area (Å²) in [6, 6.07) is 15.1. The second kappa shape index (κ2) is 8.97. The quantitative estimate of drug-likeness (QED) is 0.823. The number of nitrogens with one attached hydrogen (secondary N) is 1. The molecule has 29 heavy (non-hydrogen) atoms. The first kappa shape index (κ1) is 21.3. The van der Waals surface area contributed by atoms with Crippen molar-refractivity contribution in [3.05, 3.63) is 64.7 Å². The molecule has 1 aliphatic rings. The van der Waals surface area contributed by atoms with Gasteiger partial charge < -0.3 is 10.2 Å². The zero-order valence-electron chi connectivity index (χ0n) is 17.2. The van der Waals surface area contributed by atoms with E-state index >= 15 is 0 Å². The van der Waals surface area contributed by atoms with Crippen molar-refractivity contribution < 1.29 is 9.59 Å². The molecule has 0 saturated carbocycles. The Morgan fingerprint density at radius 2 is 1.59 bits per heavy atom. The molecule has 154 valence electrons. The molecular formula is C23H28ClN3O2. The van der Waals surface area contributed by atoms with Gasteiger partial charge in [0, 0.05) is 31.7 Å². The molecule has 1 heterocycles. The van der Waals surface area contributed by atoms with Crippen molar-refractivity contribution in [3.63, 3.8) is 0 Å². The lowest BCUT2D eigenvalue weighted by Gasteiger charge is -2.34. The summed E-state index contributed by atoms with van der Waals surface area (Å²) in [5, 5.41) is 3.36. The Hall–Kier alpha value is -2.37. The molecule has 5 nitrogen and oxygen atoms in total. The van der Waals surface area contributed by atoms with Crippen molar-refractivity contribution in [1.29, 1.82) is 0 Å². The summed E-state index contributed by atoms with van der Waals surface area (Å²) < 4.78 is 0. The molecular weight excluding hydrogens is 386 g/mol. The lowest BCUT2D eigenvalue weighted by atomic mass is 9.86. The van der Waals surface area contributed by atoms with Gasteiger partial charge in [0.15, 0.2) is 0 Å². The van der Waals surface area contributed by atoms with Crippen molar-refractivity contribution in [3.8, 4) is 0 Å². The van der Waals surface area contributed by atoms with E-state index in [-0.39, 0.29) is 23.8 Å². The van der Waals surface area contributed by atoms with E-state index in [0.29, 0.717) is 42.5 Å². The van der Waals surface area contributed by atoms with Gasteiger partial charge in [-0.2, -0.15) is 0 Å². The van der Waals surface area contributed by atoms with Crippen molar-refractivity contribution in [2.75, 3.05) is 38.0 Å². The summed E-state index contributed by atoms with van der Waals surface area (Å²) in [7, 11) is 0. The lowest BCUT2D eigenvalue weighted by Crippen LogP contribution is -2.50. The third kappa shape index (κ3) is 5.58. The molecule has 1 saturated heterocycles. The molecule has 2 aromatic carbocycles. The Bertz CT molecular complexity index is 866. The molecule has 0 bridgehead atoms. The predicted octanol–water partition coefficient (Wildman–Crippen LogP) is 4.03. The molecule has 6 heteroatoms. The standard InChI is InChI=1S/C23H28ClN3O2/c1-23(2,3)18-10-8-17(9-11-18)22(29)27-14-12-26(13-15-27)16-21(28)25-20-7-5-4-6-19(20)24/h4-11H,12-16H2,1-3H3,(H,25,28). The van der Waals surface area contributed by atoms with Crippen LogP contribution in [0.2, 0.25) is 5.02 Å². The summed E-state index contributed by atoms with van der Waals surface area (Å²) in [5.74, 6) is -0.0544. The summed E-state index contributed by atoms with van der Waals surface area (Å²) in [5.41, 5.74) is 2.61. The number of carbonyl (C=O) groups is 2. The number of halogens is 1. The maximum absolute atomic E-state index is 12.8. The van der Waals surface area contributed by atoms with Crippen LogP contribution in [0.15, 0.2) is 48.5 Å². The summed E-state index contributed by atoms with van der Waals surface area (Å²) >= 11 is 6.09. The Labute approximate surface area is 177 Å². The smallest absolute Gasteiger partial charge is 0.253 e. The molecule has 0 unspecified atom stereocenters. The molecule has 0 atom stereocenters. The predicted molar refractivity (Wildman–Crippen MR) is 118 cm³/mol. The number of carbonyl (C=O) groups excluding carboxylic acids is 2. The van der Waals surface area contributed by atoms with Crippen LogP contribution in [0.25, 0.3) is 0 Å². The van der Waals surface area contributed by atoms with Gasteiger partial charge in [-0.3, -0.25) is 14.5 Å². The second-order valence-corrected chi connectivity index (χ2v) is 8.83. The van der Waals surface area contributed by atoms with Crippen LogP contribution in [-0.4, -0.2) is 54.3 Å². The highest BCUT2D eigenvalue weighted by atomic mass is 35.5. The van der Waals surface area contributed by atoms with Crippen LogP contribution in [0.1, 0.15) is 36.7 Å². The monoisotopic (exact) mass is 413 g/mol. The maximum Gasteiger partial charge on any atom is 0.253 e. The fourth-order valence-electron chi connectivity index (χ4n) is 3.36. The number of piperazine rings is 1. The van der Waals surface area contributed by atoms with Crippen LogP contribution in [0.3, 0.4) is 0 Å². The molecule has 1 aliphatic heterocycles. The topological polar surface area (TPSA) is 52.7 Å². The van der Waals surface area contributed by atoms with E-state index in [0.717, 1.165) is 0 Å². The highest BCUT2D eigenvalue weighted by molar-refractivity contribution is 6.33. The molecule has 0 aliphatic carbocycles. The fraction of sp³-hybridized carbons (Fsp3) is 0.391. The number of hydrogen-bond donors (Lipinski definition) is 1. The van der Waals surface area contributed by atoms with E-state index in [2.05, 4.69) is 31.0 Å². The van der Waals surface area contributed by atoms with Crippen LogP contribution in [0.4, 0.5) is 5.69 Å². The molecule has 0 radical (unpaired) electrons. The number of rotatable bonds is 4. The van der Waals surface area contributed by atoms with Crippen molar-refractivity contribution >= 4 is 29.1 Å². The van der Waals surface area contributed by atoms with Crippen LogP contribution in [0.5, 0.6) is 0 Å². The first-order valence-electron chi connectivity index (χ1n) is 9.90. The normalized spacial score (nSPS) is 15.2. The van der Waals surface area contributed by atoms with Gasteiger partial charge in [-0.1, -0.05) is 56.6 Å². The van der Waals surface area contributed by atoms with E-state index in [1.165, 1.54) is 5.56 Å². The van der Waals surface area contributed by atoms with Crippen molar-refractivity contribution in [2.24, 2.45) is 0 Å². The Balaban J connectivity index is 1.50. The van der Waals surface area contributed by atoms with Crippen molar-refractivity contribution in [1.82, 2.24) is 9.80 Å². The summed E-state index contributed by atoms with van der Waals surface area (Å²) in [6.45, 7) is 9.32. The van der Waals surface area contributed by atoms with Gasteiger partial charge >= 0.3 is 0 Å². The van der Waals surface area contributed by atoms with Gasteiger partial charge in [0.05, 0.1) is 17.3 Å². The molecule has 2 amide bonds. The van der Waals surface area contributed by atoms with Gasteiger partial charge in [-0.25, -0.2) is 0 Å². The largest absolute Gasteiger partial charge is 0.336 e. The fourth-order valence-corrected chi connectivity index (χ4v) is 3.54. The Morgan fingerprint density at radius 1 is 0.966 bits per heavy atom. The molecule has 0 spiro atoms. The molecule has 1 fully saturated rings. The summed E-state index contributed by atoms with van der Waals surface area (Å²) in [6.07, 6.45) is 0. The third-order valence-electron chi connectivity index (χ3n) is 5.17. The zero-order chi connectivity index (χ0) is 21.0. The number of para-hydroxylation sites is 1. The average molecular weight is 414 g/mol. The minimum absolute atomic E-state index is 0.0469. The van der Waals surface area contributed by atoms with Gasteiger partial charge in [-0.05, 0) is 35.2 Å². The number of hydrogen-bond acceptors (Lipinski definition) is 3. The van der Waals surface area contributed by atoms with E-state index in [1.54, 1.807) is 12.1 Å². The average Bonchev–Trinajstić information content (AvgIpc) is 2.69. The van der Waals surface area contributed by atoms with Crippen LogP contribution >= 0.6 is 11.6 Å². The van der Waals surface area contributed by atoms with E-state index in [4.69, 9.17) is 11.6 Å². The van der Waals surface area contributed by atoms with E-state index in [1.807, 2.05) is 41.3 Å². The molecule has 1 N–H and O–H groups in total. The maximum atomic E-state index is 12.8. The highest BCUT2D eigenvalue weighted by Gasteiger charge is 2.24. The minimum atomic E-state index is -0.101. The lowest BCUT2D eigenvalue weighted by molar-refractivity contribution is -0.117. The van der Waals surface area contributed by atoms with Gasteiger partial charge in [-0.15, -0.1) is 0 Å². The van der Waals surface area contributed by atoms with Gasteiger partial charge in [0.1, 0.15) is 0 Å². The highest BCUT2D eigenvalue weighted by Crippen LogP contribution is 2.23. The Kier molecular flexibility index (Phi) is 6.60. The second-order valence-electron chi connectivity index (χ2n) is 8.42. The first-order valence-corrected chi connectivity index (χ1v) is 10.3. The molecule has 2 aromatic rings. The van der Waals surface area contributed by atoms with E-state index < -0.39 is 0 Å². The van der Waals surface area contributed by atoms with Crippen LogP contribution < -0.4 is 5.32 Å². The van der Waals surface area contributed by atoms with Crippen molar-refractivity contribution in [2.45, 2.75) is 26.2 Å². The van der Waals surface area contributed by atoms with Gasteiger partial charge in [0.2, 0.25) is 5.91 Å². The number of benzene rings is 2. The van der Waals surface area contributed by atoms with Crippen LogP contribution in [0, 0.1) is 0 Å². The summed E-state index contributed by atoms with van der Waals surface area (Å²) in [4.78, 5) is 29.0. The molecule has 3 rings (SSSR count). The van der Waals surface area contributed by atoms with Crippen LogP contribution in [-0.2, 0) is 10.2 Å². The molecule has 0 aromatic heterocycles. The van der Waals surface area contributed by atoms with E-state index in [9.17, 15) is 9.59 Å². The zero-order valence-corrected chi connectivity index (χ0v) is 18.0. The number of nitrogens with zero attached hydrogens (tertiary/aromatic N) is 2. The SMILES string of the molecule is CC(C)(C)c1ccc(C(=O)N2CCN(CC(=O)Nc3ccccc3Cl)CC2)cc1.